The molecule has 0 saturated carbocycles. The van der Waals surface area contributed by atoms with Gasteiger partial charge in [0.25, 0.3) is 0 Å². The quantitative estimate of drug-likeness (QED) is 0.332. The monoisotopic (exact) mass is 486 g/mol. The molecule has 11 heteroatoms. The van der Waals surface area contributed by atoms with E-state index in [0.29, 0.717) is 11.8 Å². The lowest BCUT2D eigenvalue weighted by molar-refractivity contribution is -0.136. The van der Waals surface area contributed by atoms with Crippen LogP contribution in [-0.2, 0) is 27.5 Å². The molecule has 178 valence electrons. The summed E-state index contributed by atoms with van der Waals surface area (Å²) in [4.78, 5) is 39.1. The maximum absolute atomic E-state index is 12.6. The highest BCUT2D eigenvalue weighted by Gasteiger charge is 2.27. The van der Waals surface area contributed by atoms with Crippen LogP contribution < -0.4 is 10.1 Å². The fourth-order valence-electron chi connectivity index (χ4n) is 2.65. The number of alkyl carbamates (subject to hydrolysis) is 1. The molecule has 0 aliphatic heterocycles. The minimum atomic E-state index is -1.33. The van der Waals surface area contributed by atoms with Gasteiger partial charge < -0.3 is 29.7 Å². The number of H-pyrrole nitrogens is 1. The van der Waals surface area contributed by atoms with Gasteiger partial charge in [-0.3, -0.25) is 4.98 Å². The van der Waals surface area contributed by atoms with E-state index in [9.17, 15) is 24.6 Å². The van der Waals surface area contributed by atoms with Gasteiger partial charge in [-0.25, -0.2) is 14.4 Å². The van der Waals surface area contributed by atoms with E-state index < -0.39 is 35.2 Å². The van der Waals surface area contributed by atoms with Crippen molar-refractivity contribution in [2.24, 2.45) is 0 Å². The van der Waals surface area contributed by atoms with Gasteiger partial charge in [0.15, 0.2) is 11.6 Å². The van der Waals surface area contributed by atoms with Crippen molar-refractivity contribution in [2.45, 2.75) is 19.3 Å². The van der Waals surface area contributed by atoms with E-state index in [1.54, 1.807) is 36.4 Å². The summed E-state index contributed by atoms with van der Waals surface area (Å²) in [6.45, 7) is 0.0119. The zero-order chi connectivity index (χ0) is 24.3. The lowest BCUT2D eigenvalue weighted by Gasteiger charge is -2.16. The fraction of sp³-hybridized carbons (Fsp3) is 0.174. The topological polar surface area (TPSA) is 147 Å². The number of carbonyl (C=O) groups excluding carboxylic acids is 3. The van der Waals surface area contributed by atoms with Crippen molar-refractivity contribution in [1.29, 1.82) is 0 Å². The van der Waals surface area contributed by atoms with Crippen LogP contribution in [0.5, 0.6) is 17.5 Å². The van der Waals surface area contributed by atoms with E-state index in [1.165, 1.54) is 0 Å². The molecule has 0 saturated heterocycles. The van der Waals surface area contributed by atoms with E-state index in [2.05, 4.69) is 10.3 Å². The van der Waals surface area contributed by atoms with Crippen molar-refractivity contribution in [2.75, 3.05) is 5.75 Å². The lowest BCUT2D eigenvalue weighted by atomic mass is 10.2. The van der Waals surface area contributed by atoms with E-state index in [4.69, 9.17) is 14.2 Å². The van der Waals surface area contributed by atoms with Gasteiger partial charge in [-0.15, -0.1) is 0 Å². The Balaban J connectivity index is 1.57. The summed E-state index contributed by atoms with van der Waals surface area (Å²) in [5.41, 5.74) is 1.53. The number of nitrogens with one attached hydrogen (secondary N) is 2. The molecule has 0 radical (unpaired) electrons. The Hall–Kier alpha value is -4.12. The smallest absolute Gasteiger partial charge is 0.408 e. The minimum Gasteiger partial charge on any atom is -0.494 e. The van der Waals surface area contributed by atoms with Crippen LogP contribution in [0.2, 0.25) is 0 Å². The second-order valence-corrected chi connectivity index (χ2v) is 7.84. The molecule has 0 unspecified atom stereocenters. The van der Waals surface area contributed by atoms with Gasteiger partial charge >= 0.3 is 17.4 Å². The van der Waals surface area contributed by atoms with E-state index in [1.807, 2.05) is 24.3 Å². The van der Waals surface area contributed by atoms with Crippen molar-refractivity contribution in [3.63, 3.8) is 0 Å². The Kier molecular flexibility index (Phi) is 8.81. The molecule has 0 aliphatic rings. The molecular weight excluding hydrogens is 464 g/mol. The molecule has 0 aliphatic carbocycles. The SMILES string of the molecule is O=C(N[C@@H](CSC(=O)OCc1ccccc1)C(=O)Oc1cc(O)[nH]c1O)OCc1ccccc1. The summed E-state index contributed by atoms with van der Waals surface area (Å²) in [6, 6.07) is 17.6. The molecule has 1 heterocycles. The molecule has 3 aromatic rings. The Labute approximate surface area is 198 Å². The Morgan fingerprint density at radius 1 is 0.912 bits per heavy atom. The number of ether oxygens (including phenoxy) is 3. The number of carbonyl (C=O) groups is 3. The summed E-state index contributed by atoms with van der Waals surface area (Å²) >= 11 is 0.657. The van der Waals surface area contributed by atoms with Crippen LogP contribution in [0.3, 0.4) is 0 Å². The van der Waals surface area contributed by atoms with Crippen LogP contribution in [0.1, 0.15) is 11.1 Å². The molecule has 34 heavy (non-hydrogen) atoms. The van der Waals surface area contributed by atoms with E-state index in [-0.39, 0.29) is 24.7 Å². The third kappa shape index (κ3) is 7.78. The van der Waals surface area contributed by atoms with Gasteiger partial charge in [0.2, 0.25) is 5.88 Å². The van der Waals surface area contributed by atoms with E-state index >= 15 is 0 Å². The predicted octanol–water partition coefficient (Wildman–Crippen LogP) is 3.70. The first-order valence-corrected chi connectivity index (χ1v) is 11.0. The minimum absolute atomic E-state index is 0.0346. The Bertz CT molecular complexity index is 1100. The first kappa shape index (κ1) is 24.5. The molecule has 0 bridgehead atoms. The van der Waals surface area contributed by atoms with Crippen LogP contribution in [-0.4, -0.2) is 44.4 Å². The summed E-state index contributed by atoms with van der Waals surface area (Å²) < 4.78 is 15.3. The van der Waals surface area contributed by atoms with Crippen LogP contribution in [0.25, 0.3) is 0 Å². The van der Waals surface area contributed by atoms with Gasteiger partial charge in [-0.2, -0.15) is 0 Å². The van der Waals surface area contributed by atoms with Crippen molar-refractivity contribution in [1.82, 2.24) is 10.3 Å². The number of aromatic hydroxyl groups is 2. The van der Waals surface area contributed by atoms with Gasteiger partial charge in [0.1, 0.15) is 19.3 Å². The third-order valence-electron chi connectivity index (χ3n) is 4.31. The number of esters is 1. The van der Waals surface area contributed by atoms with Crippen LogP contribution in [0, 0.1) is 0 Å². The Morgan fingerprint density at radius 3 is 2.06 bits per heavy atom. The largest absolute Gasteiger partial charge is 0.494 e. The number of aromatic nitrogens is 1. The molecular formula is C23H22N2O8S. The summed E-state index contributed by atoms with van der Waals surface area (Å²) in [6.07, 6.45) is -0.912. The average molecular weight is 487 g/mol. The maximum Gasteiger partial charge on any atom is 0.408 e. The highest BCUT2D eigenvalue weighted by molar-refractivity contribution is 8.13. The molecule has 2 aromatic carbocycles. The zero-order valence-electron chi connectivity index (χ0n) is 17.8. The third-order valence-corrected chi connectivity index (χ3v) is 5.17. The summed E-state index contributed by atoms with van der Waals surface area (Å²) in [7, 11) is 0. The van der Waals surface area contributed by atoms with Crippen molar-refractivity contribution < 1.29 is 38.8 Å². The van der Waals surface area contributed by atoms with Gasteiger partial charge in [0, 0.05) is 11.8 Å². The molecule has 3 rings (SSSR count). The lowest BCUT2D eigenvalue weighted by Crippen LogP contribution is -2.45. The highest BCUT2D eigenvalue weighted by Crippen LogP contribution is 2.29. The number of rotatable bonds is 9. The van der Waals surface area contributed by atoms with Crippen LogP contribution >= 0.6 is 11.8 Å². The van der Waals surface area contributed by atoms with Gasteiger partial charge in [-0.1, -0.05) is 60.7 Å². The molecule has 10 nitrogen and oxygen atoms in total. The molecule has 1 atom stereocenters. The van der Waals surface area contributed by atoms with E-state index in [0.717, 1.165) is 17.2 Å². The predicted molar refractivity (Wildman–Crippen MR) is 122 cm³/mol. The highest BCUT2D eigenvalue weighted by atomic mass is 32.2. The van der Waals surface area contributed by atoms with Crippen molar-refractivity contribution in [3.8, 4) is 17.5 Å². The normalized spacial score (nSPS) is 11.3. The Morgan fingerprint density at radius 2 is 1.50 bits per heavy atom. The van der Waals surface area contributed by atoms with Gasteiger partial charge in [-0.05, 0) is 22.9 Å². The van der Waals surface area contributed by atoms with Crippen molar-refractivity contribution >= 4 is 29.1 Å². The first-order chi connectivity index (χ1) is 16.4. The fourth-order valence-corrected chi connectivity index (χ4v) is 3.32. The maximum atomic E-state index is 12.6. The molecule has 0 spiro atoms. The number of aromatic amines is 1. The number of thioether (sulfide) groups is 1. The van der Waals surface area contributed by atoms with Crippen LogP contribution in [0.4, 0.5) is 9.59 Å². The second-order valence-electron chi connectivity index (χ2n) is 6.88. The van der Waals surface area contributed by atoms with Gasteiger partial charge in [0.05, 0.1) is 0 Å². The summed E-state index contributed by atoms with van der Waals surface area (Å²) in [5.74, 6) is -2.57. The number of benzene rings is 2. The average Bonchev–Trinajstić information content (AvgIpc) is 3.16. The zero-order valence-corrected chi connectivity index (χ0v) is 18.6. The first-order valence-electron chi connectivity index (χ1n) is 10.0. The molecule has 1 amide bonds. The molecule has 0 fully saturated rings. The second kappa shape index (κ2) is 12.2. The number of hydrogen-bond acceptors (Lipinski definition) is 9. The molecule has 4 N–H and O–H groups in total. The van der Waals surface area contributed by atoms with Crippen molar-refractivity contribution in [3.05, 3.63) is 77.9 Å². The summed E-state index contributed by atoms with van der Waals surface area (Å²) in [5, 5.41) is 20.7. The standard InChI is InChI=1S/C23H22N2O8S/c26-19-11-18(20(27)25-19)33-21(28)17(24-22(29)31-12-15-7-3-1-4-8-15)14-34-23(30)32-13-16-9-5-2-6-10-16/h1-11,17,25-27H,12-14H2,(H,24,29)/t17-/m0/s1. The molecule has 1 aromatic heterocycles. The number of amides is 1. The van der Waals surface area contributed by atoms with Crippen LogP contribution in [0.15, 0.2) is 66.7 Å². The number of hydrogen-bond donors (Lipinski definition) is 4.